The van der Waals surface area contributed by atoms with E-state index in [2.05, 4.69) is 63.0 Å². The summed E-state index contributed by atoms with van der Waals surface area (Å²) < 4.78 is 0. The topological polar surface area (TPSA) is 42.9 Å². The minimum Gasteiger partial charge on any atom is -0.303 e. The van der Waals surface area contributed by atoms with E-state index in [1.54, 1.807) is 0 Å². The van der Waals surface area contributed by atoms with Crippen LogP contribution in [0.3, 0.4) is 0 Å². The Labute approximate surface area is 200 Å². The number of nitrogens with zero attached hydrogens (tertiary/aromatic N) is 2. The maximum Gasteiger partial charge on any atom is 0.120 e. The number of aldehydes is 1. The molecule has 2 aromatic heterocycles. The van der Waals surface area contributed by atoms with Crippen LogP contribution in [0.25, 0.3) is 10.9 Å². The van der Waals surface area contributed by atoms with Crippen molar-refractivity contribution in [2.75, 3.05) is 0 Å². The van der Waals surface area contributed by atoms with E-state index in [0.29, 0.717) is 6.42 Å². The number of carbonyl (C=O) groups excluding carboxylic acids is 1. The molecule has 0 aliphatic rings. The molecule has 3 rings (SSSR count). The lowest BCUT2D eigenvalue weighted by molar-refractivity contribution is -0.108. The SMILES string of the molecule is CCCCc1ccc(CCCCCCC(CC=O)c2cnc3cc(C)c(C)cc3c2)nc1C. The summed E-state index contributed by atoms with van der Waals surface area (Å²) in [5, 5.41) is 1.18. The monoisotopic (exact) mass is 444 g/mol. The van der Waals surface area contributed by atoms with Gasteiger partial charge in [-0.25, -0.2) is 0 Å². The third-order valence-electron chi connectivity index (χ3n) is 6.96. The van der Waals surface area contributed by atoms with Gasteiger partial charge in [-0.2, -0.15) is 0 Å². The molecule has 3 nitrogen and oxygen atoms in total. The standard InChI is InChI=1S/C30H40N2O/c1-5-6-11-25-14-15-29(32-24(25)4)13-10-8-7-9-12-26(16-17-33)28-20-27-18-22(2)23(3)19-30(27)31-21-28/h14-15,17-21,26H,5-13,16H2,1-4H3. The molecule has 0 fully saturated rings. The summed E-state index contributed by atoms with van der Waals surface area (Å²) >= 11 is 0. The zero-order chi connectivity index (χ0) is 23.6. The third kappa shape index (κ3) is 7.22. The van der Waals surface area contributed by atoms with Crippen LogP contribution in [0.4, 0.5) is 0 Å². The number of carbonyl (C=O) groups is 1. The summed E-state index contributed by atoms with van der Waals surface area (Å²) in [5.41, 5.74) is 8.61. The van der Waals surface area contributed by atoms with Crippen molar-refractivity contribution < 1.29 is 4.79 Å². The Morgan fingerprint density at radius 2 is 1.70 bits per heavy atom. The van der Waals surface area contributed by atoms with Crippen LogP contribution >= 0.6 is 0 Å². The summed E-state index contributed by atoms with van der Waals surface area (Å²) in [4.78, 5) is 20.8. The van der Waals surface area contributed by atoms with Gasteiger partial charge in [-0.1, -0.05) is 38.7 Å². The average Bonchev–Trinajstić information content (AvgIpc) is 2.80. The molecule has 1 atom stereocenters. The number of benzene rings is 1. The molecule has 3 aromatic rings. The zero-order valence-corrected chi connectivity index (χ0v) is 21.0. The number of aromatic nitrogens is 2. The molecule has 0 spiro atoms. The summed E-state index contributed by atoms with van der Waals surface area (Å²) in [5.74, 6) is 0.265. The molecule has 0 saturated carbocycles. The van der Waals surface area contributed by atoms with Crippen molar-refractivity contribution in [1.29, 1.82) is 0 Å². The molecule has 33 heavy (non-hydrogen) atoms. The highest BCUT2D eigenvalue weighted by molar-refractivity contribution is 5.81. The molecule has 3 heteroatoms. The molecule has 0 bridgehead atoms. The van der Waals surface area contributed by atoms with Gasteiger partial charge in [-0.15, -0.1) is 0 Å². The van der Waals surface area contributed by atoms with Crippen LogP contribution in [0.2, 0.25) is 0 Å². The molecule has 1 unspecified atom stereocenters. The number of aryl methyl sites for hydroxylation is 5. The van der Waals surface area contributed by atoms with Crippen LogP contribution in [-0.2, 0) is 17.6 Å². The predicted octanol–water partition coefficient (Wildman–Crippen LogP) is 7.76. The lowest BCUT2D eigenvalue weighted by Crippen LogP contribution is -2.02. The second kappa shape index (κ2) is 12.6. The fraction of sp³-hybridized carbons (Fsp3) is 0.500. The number of pyridine rings is 2. The van der Waals surface area contributed by atoms with Gasteiger partial charge >= 0.3 is 0 Å². The van der Waals surface area contributed by atoms with Crippen molar-refractivity contribution in [2.24, 2.45) is 0 Å². The minimum atomic E-state index is 0.265. The van der Waals surface area contributed by atoms with Gasteiger partial charge in [0.1, 0.15) is 6.29 Å². The zero-order valence-electron chi connectivity index (χ0n) is 21.0. The first-order chi connectivity index (χ1) is 16.0. The Bertz CT molecular complexity index is 1060. The van der Waals surface area contributed by atoms with Crippen molar-refractivity contribution in [2.45, 2.75) is 97.8 Å². The van der Waals surface area contributed by atoms with E-state index < -0.39 is 0 Å². The second-order valence-electron chi connectivity index (χ2n) is 9.60. The Morgan fingerprint density at radius 1 is 0.909 bits per heavy atom. The van der Waals surface area contributed by atoms with E-state index in [0.717, 1.165) is 37.5 Å². The quantitative estimate of drug-likeness (QED) is 0.200. The van der Waals surface area contributed by atoms with Crippen LogP contribution in [-0.4, -0.2) is 16.3 Å². The smallest absolute Gasteiger partial charge is 0.120 e. The van der Waals surface area contributed by atoms with Gasteiger partial charge < -0.3 is 4.79 Å². The van der Waals surface area contributed by atoms with E-state index >= 15 is 0 Å². The Kier molecular flexibility index (Phi) is 9.60. The molecular formula is C30H40N2O. The third-order valence-corrected chi connectivity index (χ3v) is 6.96. The van der Waals surface area contributed by atoms with Gasteiger partial charge in [0, 0.05) is 29.4 Å². The van der Waals surface area contributed by atoms with Crippen LogP contribution in [0.15, 0.2) is 36.5 Å². The van der Waals surface area contributed by atoms with Gasteiger partial charge in [0.2, 0.25) is 0 Å². The van der Waals surface area contributed by atoms with Gasteiger partial charge in [-0.05, 0) is 105 Å². The van der Waals surface area contributed by atoms with Crippen molar-refractivity contribution in [1.82, 2.24) is 9.97 Å². The van der Waals surface area contributed by atoms with E-state index in [1.165, 1.54) is 71.1 Å². The average molecular weight is 445 g/mol. The molecule has 2 heterocycles. The molecule has 0 aliphatic carbocycles. The van der Waals surface area contributed by atoms with Crippen LogP contribution in [0, 0.1) is 20.8 Å². The molecule has 0 aliphatic heterocycles. The van der Waals surface area contributed by atoms with Gasteiger partial charge in [0.25, 0.3) is 0 Å². The maximum absolute atomic E-state index is 11.3. The minimum absolute atomic E-state index is 0.265. The molecule has 1 aromatic carbocycles. The van der Waals surface area contributed by atoms with Gasteiger partial charge in [-0.3, -0.25) is 9.97 Å². The predicted molar refractivity (Wildman–Crippen MR) is 139 cm³/mol. The van der Waals surface area contributed by atoms with Crippen LogP contribution < -0.4 is 0 Å². The van der Waals surface area contributed by atoms with E-state index in [9.17, 15) is 4.79 Å². The Morgan fingerprint density at radius 3 is 2.45 bits per heavy atom. The first-order valence-corrected chi connectivity index (χ1v) is 12.8. The summed E-state index contributed by atoms with van der Waals surface area (Å²) in [6.07, 6.45) is 14.0. The molecule has 0 saturated heterocycles. The lowest BCUT2D eigenvalue weighted by Gasteiger charge is -2.15. The Hall–Kier alpha value is -2.55. The molecular weight excluding hydrogens is 404 g/mol. The van der Waals surface area contributed by atoms with Crippen molar-refractivity contribution >= 4 is 17.2 Å². The van der Waals surface area contributed by atoms with Crippen LogP contribution in [0.5, 0.6) is 0 Å². The lowest BCUT2D eigenvalue weighted by atomic mass is 9.90. The van der Waals surface area contributed by atoms with Crippen molar-refractivity contribution in [3.05, 3.63) is 70.2 Å². The molecule has 0 amide bonds. The molecule has 0 N–H and O–H groups in total. The number of hydrogen-bond acceptors (Lipinski definition) is 3. The second-order valence-corrected chi connectivity index (χ2v) is 9.60. The molecule has 176 valence electrons. The largest absolute Gasteiger partial charge is 0.303 e. The summed E-state index contributed by atoms with van der Waals surface area (Å²) in [7, 11) is 0. The number of unbranched alkanes of at least 4 members (excludes halogenated alkanes) is 4. The van der Waals surface area contributed by atoms with E-state index in [1.807, 2.05) is 6.20 Å². The highest BCUT2D eigenvalue weighted by Gasteiger charge is 2.13. The highest BCUT2D eigenvalue weighted by atomic mass is 16.1. The first kappa shape index (κ1) is 25.1. The van der Waals surface area contributed by atoms with Crippen LogP contribution in [0.1, 0.15) is 97.8 Å². The number of fused-ring (bicyclic) bond motifs is 1. The summed E-state index contributed by atoms with van der Waals surface area (Å²) in [6.45, 7) is 8.64. The van der Waals surface area contributed by atoms with E-state index in [4.69, 9.17) is 4.98 Å². The summed E-state index contributed by atoms with van der Waals surface area (Å²) in [6, 6.07) is 11.1. The molecule has 0 radical (unpaired) electrons. The number of hydrogen-bond donors (Lipinski definition) is 0. The maximum atomic E-state index is 11.3. The number of rotatable bonds is 13. The first-order valence-electron chi connectivity index (χ1n) is 12.8. The van der Waals surface area contributed by atoms with Crippen molar-refractivity contribution in [3.63, 3.8) is 0 Å². The fourth-order valence-corrected chi connectivity index (χ4v) is 4.63. The van der Waals surface area contributed by atoms with Crippen molar-refractivity contribution in [3.8, 4) is 0 Å². The van der Waals surface area contributed by atoms with Gasteiger partial charge in [0.05, 0.1) is 5.52 Å². The highest BCUT2D eigenvalue weighted by Crippen LogP contribution is 2.28. The Balaban J connectivity index is 1.47. The van der Waals surface area contributed by atoms with Gasteiger partial charge in [0.15, 0.2) is 0 Å². The fourth-order valence-electron chi connectivity index (χ4n) is 4.63. The normalized spacial score (nSPS) is 12.2. The van der Waals surface area contributed by atoms with E-state index in [-0.39, 0.29) is 5.92 Å².